The maximum absolute atomic E-state index is 11.6. The lowest BCUT2D eigenvalue weighted by molar-refractivity contribution is -0.130. The molecule has 0 saturated heterocycles. The fraction of sp³-hybridized carbons (Fsp3) is 0.500. The predicted octanol–water partition coefficient (Wildman–Crippen LogP) is 4.77. The van der Waals surface area contributed by atoms with Gasteiger partial charge in [-0.3, -0.25) is 14.9 Å². The van der Waals surface area contributed by atoms with Gasteiger partial charge in [0.1, 0.15) is 0 Å². The van der Waals surface area contributed by atoms with E-state index in [9.17, 15) is 9.59 Å². The van der Waals surface area contributed by atoms with E-state index >= 15 is 0 Å². The van der Waals surface area contributed by atoms with Crippen molar-refractivity contribution in [2.24, 2.45) is 0 Å². The van der Waals surface area contributed by atoms with Crippen LogP contribution in [0.2, 0.25) is 0 Å². The van der Waals surface area contributed by atoms with Gasteiger partial charge in [-0.05, 0) is 51.4 Å². The number of hydrogen-bond donors (Lipinski definition) is 1. The first kappa shape index (κ1) is 19.1. The molecule has 126 valence electrons. The molecule has 2 amide bonds. The van der Waals surface area contributed by atoms with Gasteiger partial charge in [0.2, 0.25) is 11.8 Å². The van der Waals surface area contributed by atoms with Crippen molar-refractivity contribution < 1.29 is 9.59 Å². The zero-order valence-electron chi connectivity index (χ0n) is 14.0. The SMILES string of the molecule is O=C1CCC/C=C\C/C=C\C/C=C\C/C=C\CCCCC(=O)N1. The van der Waals surface area contributed by atoms with Crippen molar-refractivity contribution in [2.45, 2.75) is 64.2 Å². The second kappa shape index (κ2) is 13.7. The van der Waals surface area contributed by atoms with Gasteiger partial charge in [0.05, 0.1) is 0 Å². The van der Waals surface area contributed by atoms with Crippen LogP contribution >= 0.6 is 0 Å². The highest BCUT2D eigenvalue weighted by molar-refractivity contribution is 5.95. The average Bonchev–Trinajstić information content (AvgIpc) is 2.53. The number of rotatable bonds is 0. The van der Waals surface area contributed by atoms with Crippen molar-refractivity contribution in [3.05, 3.63) is 48.6 Å². The predicted molar refractivity (Wildman–Crippen MR) is 95.9 cm³/mol. The molecular formula is C20H29NO2. The van der Waals surface area contributed by atoms with Gasteiger partial charge in [-0.15, -0.1) is 0 Å². The van der Waals surface area contributed by atoms with E-state index in [1.807, 2.05) is 0 Å². The van der Waals surface area contributed by atoms with E-state index in [0.29, 0.717) is 12.8 Å². The van der Waals surface area contributed by atoms with Crippen molar-refractivity contribution in [3.8, 4) is 0 Å². The maximum Gasteiger partial charge on any atom is 0.226 e. The molecule has 0 bridgehead atoms. The normalized spacial score (nSPS) is 25.6. The Labute approximate surface area is 140 Å². The van der Waals surface area contributed by atoms with Crippen molar-refractivity contribution in [2.75, 3.05) is 0 Å². The van der Waals surface area contributed by atoms with E-state index < -0.39 is 0 Å². The third kappa shape index (κ3) is 12.3. The van der Waals surface area contributed by atoms with Crippen LogP contribution in [0.3, 0.4) is 0 Å². The monoisotopic (exact) mass is 315 g/mol. The zero-order chi connectivity index (χ0) is 16.6. The number of carbonyl (C=O) groups excluding carboxylic acids is 2. The van der Waals surface area contributed by atoms with Crippen molar-refractivity contribution in [1.29, 1.82) is 0 Å². The summed E-state index contributed by atoms with van der Waals surface area (Å²) in [6.45, 7) is 0. The number of hydrogen-bond acceptors (Lipinski definition) is 2. The molecule has 0 unspecified atom stereocenters. The number of carbonyl (C=O) groups is 2. The molecule has 0 fully saturated rings. The second-order valence-corrected chi connectivity index (χ2v) is 5.70. The van der Waals surface area contributed by atoms with E-state index in [4.69, 9.17) is 0 Å². The van der Waals surface area contributed by atoms with E-state index in [-0.39, 0.29) is 11.8 Å². The van der Waals surface area contributed by atoms with Gasteiger partial charge in [-0.2, -0.15) is 0 Å². The largest absolute Gasteiger partial charge is 0.296 e. The molecule has 3 heteroatoms. The summed E-state index contributed by atoms with van der Waals surface area (Å²) >= 11 is 0. The summed E-state index contributed by atoms with van der Waals surface area (Å²) in [6.07, 6.45) is 25.4. The Morgan fingerprint density at radius 1 is 0.565 bits per heavy atom. The smallest absolute Gasteiger partial charge is 0.226 e. The molecule has 23 heavy (non-hydrogen) atoms. The van der Waals surface area contributed by atoms with E-state index in [0.717, 1.165) is 51.4 Å². The van der Waals surface area contributed by atoms with Gasteiger partial charge in [0.25, 0.3) is 0 Å². The lowest BCUT2D eigenvalue weighted by Crippen LogP contribution is -2.29. The van der Waals surface area contributed by atoms with Gasteiger partial charge in [-0.25, -0.2) is 0 Å². The molecule has 1 heterocycles. The molecule has 0 aliphatic carbocycles. The minimum atomic E-state index is -0.153. The Kier molecular flexibility index (Phi) is 11.4. The first-order chi connectivity index (χ1) is 11.3. The van der Waals surface area contributed by atoms with Crippen molar-refractivity contribution >= 4 is 11.8 Å². The Hall–Kier alpha value is -1.90. The molecule has 0 atom stereocenters. The van der Waals surface area contributed by atoms with E-state index in [2.05, 4.69) is 53.9 Å². The van der Waals surface area contributed by atoms with Crippen LogP contribution in [-0.2, 0) is 9.59 Å². The number of imide groups is 1. The Bertz CT molecular complexity index is 458. The summed E-state index contributed by atoms with van der Waals surface area (Å²) in [5.41, 5.74) is 0. The molecule has 1 N–H and O–H groups in total. The number of amides is 2. The molecule has 0 aromatic rings. The minimum Gasteiger partial charge on any atom is -0.296 e. The van der Waals surface area contributed by atoms with E-state index in [1.54, 1.807) is 0 Å². The molecule has 1 aliphatic rings. The van der Waals surface area contributed by atoms with Crippen LogP contribution in [0.5, 0.6) is 0 Å². The fourth-order valence-electron chi connectivity index (χ4n) is 2.26. The number of allylic oxidation sites excluding steroid dienone is 8. The molecule has 3 nitrogen and oxygen atoms in total. The van der Waals surface area contributed by atoms with Crippen LogP contribution in [0, 0.1) is 0 Å². The standard InChI is InChI=1S/C20H29NO2/c22-19-17-15-13-11-9-7-5-3-1-2-4-6-8-10-12-14-16-18-20(23)21-19/h1,3-4,6-7,9-10,12H,2,5,8,11,13-18H2,(H,21,22,23)/b3-1-,6-4-,9-7-,12-10-. The molecule has 0 saturated carbocycles. The Morgan fingerprint density at radius 2 is 1.00 bits per heavy atom. The van der Waals surface area contributed by atoms with Crippen LogP contribution in [0.25, 0.3) is 0 Å². The van der Waals surface area contributed by atoms with Gasteiger partial charge in [-0.1, -0.05) is 48.6 Å². The Morgan fingerprint density at radius 3 is 1.57 bits per heavy atom. The third-order valence-electron chi connectivity index (χ3n) is 3.56. The third-order valence-corrected chi connectivity index (χ3v) is 3.56. The lowest BCUT2D eigenvalue weighted by atomic mass is 10.1. The van der Waals surface area contributed by atoms with Gasteiger partial charge in [0, 0.05) is 12.8 Å². The van der Waals surface area contributed by atoms with Crippen LogP contribution in [0.1, 0.15) is 64.2 Å². The number of nitrogens with one attached hydrogen (secondary N) is 1. The summed E-state index contributed by atoms with van der Waals surface area (Å²) < 4.78 is 0. The minimum absolute atomic E-state index is 0.145. The van der Waals surface area contributed by atoms with Gasteiger partial charge >= 0.3 is 0 Å². The molecule has 0 aromatic carbocycles. The summed E-state index contributed by atoms with van der Waals surface area (Å²) in [6, 6.07) is 0. The lowest BCUT2D eigenvalue weighted by Gasteiger charge is -2.03. The summed E-state index contributed by atoms with van der Waals surface area (Å²) in [5.74, 6) is -0.298. The quantitative estimate of drug-likeness (QED) is 0.517. The highest BCUT2D eigenvalue weighted by Gasteiger charge is 2.06. The zero-order valence-corrected chi connectivity index (χ0v) is 14.0. The molecule has 1 aliphatic heterocycles. The van der Waals surface area contributed by atoms with Crippen molar-refractivity contribution in [3.63, 3.8) is 0 Å². The van der Waals surface area contributed by atoms with Crippen LogP contribution in [0.4, 0.5) is 0 Å². The highest BCUT2D eigenvalue weighted by Crippen LogP contribution is 2.03. The average molecular weight is 315 g/mol. The molecule has 0 spiro atoms. The molecular weight excluding hydrogens is 286 g/mol. The summed E-state index contributed by atoms with van der Waals surface area (Å²) in [7, 11) is 0. The molecule has 0 aromatic heterocycles. The summed E-state index contributed by atoms with van der Waals surface area (Å²) in [4.78, 5) is 23.3. The summed E-state index contributed by atoms with van der Waals surface area (Å²) in [5, 5.41) is 2.47. The van der Waals surface area contributed by atoms with E-state index in [1.165, 1.54) is 0 Å². The second-order valence-electron chi connectivity index (χ2n) is 5.70. The van der Waals surface area contributed by atoms with Gasteiger partial charge < -0.3 is 0 Å². The fourth-order valence-corrected chi connectivity index (χ4v) is 2.26. The Balaban J connectivity index is 2.40. The van der Waals surface area contributed by atoms with Gasteiger partial charge in [0.15, 0.2) is 0 Å². The maximum atomic E-state index is 11.6. The highest BCUT2D eigenvalue weighted by atomic mass is 16.2. The molecule has 0 radical (unpaired) electrons. The van der Waals surface area contributed by atoms with Crippen LogP contribution in [-0.4, -0.2) is 11.8 Å². The van der Waals surface area contributed by atoms with Crippen LogP contribution < -0.4 is 5.32 Å². The topological polar surface area (TPSA) is 46.2 Å². The van der Waals surface area contributed by atoms with Crippen molar-refractivity contribution in [1.82, 2.24) is 5.32 Å². The van der Waals surface area contributed by atoms with Crippen LogP contribution in [0.15, 0.2) is 48.6 Å². The first-order valence-electron chi connectivity index (χ1n) is 8.71. The first-order valence-corrected chi connectivity index (χ1v) is 8.71. The molecule has 1 rings (SSSR count).